The number of aromatic nitrogens is 1. The molecule has 2 aromatic rings. The third-order valence-corrected chi connectivity index (χ3v) is 3.94. The lowest BCUT2D eigenvalue weighted by Crippen LogP contribution is -2.28. The van der Waals surface area contributed by atoms with Gasteiger partial charge in [-0.25, -0.2) is 0 Å². The van der Waals surface area contributed by atoms with Gasteiger partial charge in [-0.2, -0.15) is 0 Å². The Hall–Kier alpha value is -2.63. The van der Waals surface area contributed by atoms with Crippen LogP contribution >= 0.6 is 0 Å². The van der Waals surface area contributed by atoms with Crippen molar-refractivity contribution < 1.29 is 19.2 Å². The van der Waals surface area contributed by atoms with Crippen LogP contribution in [0.1, 0.15) is 36.4 Å². The number of aryl methyl sites for hydroxylation is 2. The van der Waals surface area contributed by atoms with Gasteiger partial charge in [0.1, 0.15) is 5.76 Å². The number of carbonyl (C=O) groups excluding carboxylic acids is 1. The SMILES string of the molecule is Cc1noc(C)c1CC(=O)Nc1ccc(C(C)(C)C(=O)O)cc1. The molecule has 122 valence electrons. The van der Waals surface area contributed by atoms with E-state index in [2.05, 4.69) is 10.5 Å². The molecular formula is C17H20N2O4. The van der Waals surface area contributed by atoms with Crippen LogP contribution in [-0.4, -0.2) is 22.1 Å². The maximum atomic E-state index is 12.1. The van der Waals surface area contributed by atoms with E-state index in [0.717, 1.165) is 5.56 Å². The Morgan fingerprint density at radius 2 is 1.83 bits per heavy atom. The quantitative estimate of drug-likeness (QED) is 0.885. The molecule has 23 heavy (non-hydrogen) atoms. The average molecular weight is 316 g/mol. The highest BCUT2D eigenvalue weighted by molar-refractivity contribution is 5.92. The zero-order chi connectivity index (χ0) is 17.2. The van der Waals surface area contributed by atoms with Gasteiger partial charge in [-0.05, 0) is 45.4 Å². The molecule has 0 aliphatic carbocycles. The van der Waals surface area contributed by atoms with Crippen LogP contribution in [0.2, 0.25) is 0 Å². The number of amides is 1. The standard InChI is InChI=1S/C17H20N2O4/c1-10-14(11(2)23-19-10)9-15(20)18-13-7-5-12(6-8-13)17(3,4)16(21)22/h5-8H,9H2,1-4H3,(H,18,20)(H,21,22). The van der Waals surface area contributed by atoms with Crippen LogP contribution in [0.25, 0.3) is 0 Å². The Bertz CT molecular complexity index is 710. The fraction of sp³-hybridized carbons (Fsp3) is 0.353. The van der Waals surface area contributed by atoms with Crippen molar-refractivity contribution in [1.82, 2.24) is 5.16 Å². The van der Waals surface area contributed by atoms with Crippen LogP contribution in [-0.2, 0) is 21.4 Å². The number of nitrogens with one attached hydrogen (secondary N) is 1. The first kappa shape index (κ1) is 16.7. The number of carboxylic acids is 1. The van der Waals surface area contributed by atoms with Crippen LogP contribution in [0.15, 0.2) is 28.8 Å². The fourth-order valence-electron chi connectivity index (χ4n) is 2.21. The van der Waals surface area contributed by atoms with Crippen LogP contribution in [0.4, 0.5) is 5.69 Å². The van der Waals surface area contributed by atoms with Gasteiger partial charge < -0.3 is 14.9 Å². The van der Waals surface area contributed by atoms with Crippen molar-refractivity contribution in [2.24, 2.45) is 0 Å². The fourth-order valence-corrected chi connectivity index (χ4v) is 2.21. The third-order valence-electron chi connectivity index (χ3n) is 3.94. The number of hydrogen-bond donors (Lipinski definition) is 2. The Labute approximate surface area is 134 Å². The minimum Gasteiger partial charge on any atom is -0.481 e. The van der Waals surface area contributed by atoms with E-state index in [1.54, 1.807) is 52.0 Å². The summed E-state index contributed by atoms with van der Waals surface area (Å²) in [6.45, 7) is 6.84. The van der Waals surface area contributed by atoms with Gasteiger partial charge in [0, 0.05) is 11.3 Å². The number of carbonyl (C=O) groups is 2. The number of rotatable bonds is 5. The van der Waals surface area contributed by atoms with Crippen LogP contribution in [0, 0.1) is 13.8 Å². The van der Waals surface area contributed by atoms with E-state index in [0.29, 0.717) is 22.7 Å². The van der Waals surface area contributed by atoms with Crippen molar-refractivity contribution in [1.29, 1.82) is 0 Å². The smallest absolute Gasteiger partial charge is 0.313 e. The molecule has 1 aromatic carbocycles. The zero-order valence-corrected chi connectivity index (χ0v) is 13.6. The lowest BCUT2D eigenvalue weighted by molar-refractivity contribution is -0.142. The number of carboxylic acid groups (broad SMARTS) is 1. The van der Waals surface area contributed by atoms with Crippen LogP contribution < -0.4 is 5.32 Å². The summed E-state index contributed by atoms with van der Waals surface area (Å²) in [5.41, 5.74) is 1.81. The van der Waals surface area contributed by atoms with Crippen molar-refractivity contribution in [2.75, 3.05) is 5.32 Å². The van der Waals surface area contributed by atoms with Gasteiger partial charge in [-0.1, -0.05) is 17.3 Å². The molecule has 1 heterocycles. The summed E-state index contributed by atoms with van der Waals surface area (Å²) >= 11 is 0. The first-order valence-electron chi connectivity index (χ1n) is 7.27. The van der Waals surface area contributed by atoms with E-state index in [-0.39, 0.29) is 12.3 Å². The predicted octanol–water partition coefficient (Wildman–Crippen LogP) is 2.83. The average Bonchev–Trinajstić information content (AvgIpc) is 2.79. The lowest BCUT2D eigenvalue weighted by Gasteiger charge is -2.19. The minimum absolute atomic E-state index is 0.176. The van der Waals surface area contributed by atoms with Gasteiger partial charge in [0.2, 0.25) is 5.91 Å². The molecule has 1 aromatic heterocycles. The molecule has 2 rings (SSSR count). The van der Waals surface area contributed by atoms with Gasteiger partial charge in [0.25, 0.3) is 0 Å². The molecule has 6 nitrogen and oxygen atoms in total. The lowest BCUT2D eigenvalue weighted by atomic mass is 9.85. The molecule has 0 bridgehead atoms. The van der Waals surface area contributed by atoms with Gasteiger partial charge in [-0.3, -0.25) is 9.59 Å². The summed E-state index contributed by atoms with van der Waals surface area (Å²) in [5, 5.41) is 15.8. The van der Waals surface area contributed by atoms with E-state index in [4.69, 9.17) is 4.52 Å². The first-order chi connectivity index (χ1) is 10.7. The molecule has 0 radical (unpaired) electrons. The van der Waals surface area contributed by atoms with Crippen molar-refractivity contribution in [3.05, 3.63) is 46.8 Å². The summed E-state index contributed by atoms with van der Waals surface area (Å²) in [6.07, 6.45) is 0.184. The van der Waals surface area contributed by atoms with Crippen molar-refractivity contribution in [3.63, 3.8) is 0 Å². The monoisotopic (exact) mass is 316 g/mol. The molecule has 0 aliphatic heterocycles. The molecule has 0 saturated carbocycles. The molecule has 6 heteroatoms. The first-order valence-corrected chi connectivity index (χ1v) is 7.27. The minimum atomic E-state index is -0.973. The molecule has 1 amide bonds. The summed E-state index contributed by atoms with van der Waals surface area (Å²) < 4.78 is 5.04. The maximum absolute atomic E-state index is 12.1. The molecule has 0 atom stereocenters. The number of hydrogen-bond acceptors (Lipinski definition) is 4. The second-order valence-corrected chi connectivity index (χ2v) is 6.04. The predicted molar refractivity (Wildman–Crippen MR) is 85.4 cm³/mol. The van der Waals surface area contributed by atoms with E-state index in [1.807, 2.05) is 0 Å². The number of aliphatic carboxylic acids is 1. The molecule has 0 saturated heterocycles. The van der Waals surface area contributed by atoms with Crippen LogP contribution in [0.3, 0.4) is 0 Å². The maximum Gasteiger partial charge on any atom is 0.313 e. The highest BCUT2D eigenvalue weighted by Crippen LogP contribution is 2.25. The van der Waals surface area contributed by atoms with E-state index in [9.17, 15) is 14.7 Å². The van der Waals surface area contributed by atoms with E-state index < -0.39 is 11.4 Å². The zero-order valence-electron chi connectivity index (χ0n) is 13.6. The normalized spacial score (nSPS) is 11.3. The Morgan fingerprint density at radius 3 is 2.30 bits per heavy atom. The Kier molecular flexibility index (Phi) is 4.54. The van der Waals surface area contributed by atoms with Crippen molar-refractivity contribution >= 4 is 17.6 Å². The number of benzene rings is 1. The second kappa shape index (κ2) is 6.24. The summed E-state index contributed by atoms with van der Waals surface area (Å²) in [5.74, 6) is -0.437. The molecular weight excluding hydrogens is 296 g/mol. The highest BCUT2D eigenvalue weighted by Gasteiger charge is 2.29. The second-order valence-electron chi connectivity index (χ2n) is 6.04. The number of anilines is 1. The highest BCUT2D eigenvalue weighted by atomic mass is 16.5. The Balaban J connectivity index is 2.07. The van der Waals surface area contributed by atoms with E-state index in [1.165, 1.54) is 0 Å². The summed E-state index contributed by atoms with van der Waals surface area (Å²) in [4.78, 5) is 23.3. The third kappa shape index (κ3) is 3.59. The van der Waals surface area contributed by atoms with Gasteiger partial charge in [0.15, 0.2) is 0 Å². The largest absolute Gasteiger partial charge is 0.481 e. The van der Waals surface area contributed by atoms with Crippen molar-refractivity contribution in [3.8, 4) is 0 Å². The molecule has 2 N–H and O–H groups in total. The molecule has 0 fully saturated rings. The van der Waals surface area contributed by atoms with Crippen molar-refractivity contribution in [2.45, 2.75) is 39.5 Å². The molecule has 0 unspecified atom stereocenters. The van der Waals surface area contributed by atoms with Gasteiger partial charge in [0.05, 0.1) is 17.5 Å². The van der Waals surface area contributed by atoms with Gasteiger partial charge >= 0.3 is 5.97 Å². The Morgan fingerprint density at radius 1 is 1.22 bits per heavy atom. The summed E-state index contributed by atoms with van der Waals surface area (Å²) in [7, 11) is 0. The van der Waals surface area contributed by atoms with Crippen LogP contribution in [0.5, 0.6) is 0 Å². The van der Waals surface area contributed by atoms with E-state index >= 15 is 0 Å². The van der Waals surface area contributed by atoms with Gasteiger partial charge in [-0.15, -0.1) is 0 Å². The molecule has 0 spiro atoms. The molecule has 0 aliphatic rings. The topological polar surface area (TPSA) is 92.4 Å². The number of nitrogens with zero attached hydrogens (tertiary/aromatic N) is 1. The summed E-state index contributed by atoms with van der Waals surface area (Å²) in [6, 6.07) is 6.82.